The zero-order chi connectivity index (χ0) is 8.27. The molecule has 0 aliphatic carbocycles. The van der Waals surface area contributed by atoms with Crippen LogP contribution in [0, 0.1) is 0 Å². The number of nitrogens with zero attached hydrogens (tertiary/aromatic N) is 2. The van der Waals surface area contributed by atoms with Gasteiger partial charge in [-0.25, -0.2) is 0 Å². The van der Waals surface area contributed by atoms with Crippen LogP contribution in [0.4, 0.5) is 0 Å². The smallest absolute Gasteiger partial charge is 0.0862 e. The van der Waals surface area contributed by atoms with Crippen LogP contribution in [-0.4, -0.2) is 19.0 Å². The molecule has 0 saturated carbocycles. The average Bonchev–Trinajstić information content (AvgIpc) is 2.04. The number of aliphatic imine (C=N–C) groups is 2. The molecule has 0 saturated heterocycles. The summed E-state index contributed by atoms with van der Waals surface area (Å²) in [6.45, 7) is 10.0. The highest BCUT2D eigenvalue weighted by atomic mass is 14.8. The summed E-state index contributed by atoms with van der Waals surface area (Å²) in [5, 5.41) is 0. The molecule has 0 aromatic rings. The first-order valence-electron chi connectivity index (χ1n) is 3.63. The monoisotopic (exact) mass is 148 g/mol. The first-order valence-corrected chi connectivity index (χ1v) is 3.63. The van der Waals surface area contributed by atoms with Crippen molar-refractivity contribution in [2.75, 3.05) is 6.54 Å². The molecule has 2 heteroatoms. The Kier molecular flexibility index (Phi) is 2.36. The van der Waals surface area contributed by atoms with Crippen LogP contribution in [0.25, 0.3) is 0 Å². The summed E-state index contributed by atoms with van der Waals surface area (Å²) in [6, 6.07) is 0. The van der Waals surface area contributed by atoms with Crippen molar-refractivity contribution in [3.8, 4) is 0 Å². The summed E-state index contributed by atoms with van der Waals surface area (Å²) < 4.78 is 0. The van der Waals surface area contributed by atoms with E-state index < -0.39 is 0 Å². The van der Waals surface area contributed by atoms with E-state index >= 15 is 0 Å². The van der Waals surface area contributed by atoms with Gasteiger partial charge in [0.15, 0.2) is 0 Å². The minimum absolute atomic E-state index is 0.853. The van der Waals surface area contributed by atoms with Gasteiger partial charge in [0.05, 0.1) is 11.4 Å². The maximum absolute atomic E-state index is 4.26. The molecular weight excluding hydrogens is 136 g/mol. The van der Waals surface area contributed by atoms with Crippen LogP contribution in [0.2, 0.25) is 0 Å². The van der Waals surface area contributed by atoms with Crippen LogP contribution in [0.1, 0.15) is 13.3 Å². The van der Waals surface area contributed by atoms with Crippen molar-refractivity contribution in [1.29, 1.82) is 0 Å². The fourth-order valence-corrected chi connectivity index (χ4v) is 1.18. The SMILES string of the molecule is C=CC1=C(N=C)C(C)=NCC1. The Morgan fingerprint density at radius 3 is 2.82 bits per heavy atom. The molecule has 0 aromatic heterocycles. The van der Waals surface area contributed by atoms with Crippen LogP contribution >= 0.6 is 0 Å². The summed E-state index contributed by atoms with van der Waals surface area (Å²) in [7, 11) is 0. The third-order valence-electron chi connectivity index (χ3n) is 1.78. The van der Waals surface area contributed by atoms with E-state index in [1.165, 1.54) is 0 Å². The van der Waals surface area contributed by atoms with Crippen LogP contribution in [-0.2, 0) is 0 Å². The van der Waals surface area contributed by atoms with Gasteiger partial charge in [-0.3, -0.25) is 9.98 Å². The van der Waals surface area contributed by atoms with Gasteiger partial charge in [0, 0.05) is 6.54 Å². The zero-order valence-electron chi connectivity index (χ0n) is 6.80. The van der Waals surface area contributed by atoms with E-state index in [0.717, 1.165) is 29.9 Å². The van der Waals surface area contributed by atoms with Gasteiger partial charge in [-0.15, -0.1) is 0 Å². The van der Waals surface area contributed by atoms with Crippen molar-refractivity contribution in [2.24, 2.45) is 9.98 Å². The Morgan fingerprint density at radius 2 is 2.36 bits per heavy atom. The highest BCUT2D eigenvalue weighted by Crippen LogP contribution is 2.17. The van der Waals surface area contributed by atoms with Gasteiger partial charge >= 0.3 is 0 Å². The van der Waals surface area contributed by atoms with Crippen molar-refractivity contribution >= 4 is 12.4 Å². The van der Waals surface area contributed by atoms with E-state index in [9.17, 15) is 0 Å². The Balaban J connectivity index is 3.07. The van der Waals surface area contributed by atoms with Crippen LogP contribution in [0.3, 0.4) is 0 Å². The highest BCUT2D eigenvalue weighted by molar-refractivity contribution is 6.00. The standard InChI is InChI=1S/C9H12N2/c1-4-8-5-6-11-7(2)9(8)10-3/h4H,1,3,5-6H2,2H3. The fraction of sp³-hybridized carbons (Fsp3) is 0.333. The third-order valence-corrected chi connectivity index (χ3v) is 1.78. The first-order chi connectivity index (χ1) is 5.29. The Hall–Kier alpha value is -1.18. The zero-order valence-corrected chi connectivity index (χ0v) is 6.80. The largest absolute Gasteiger partial charge is 0.287 e. The maximum atomic E-state index is 4.26. The summed E-state index contributed by atoms with van der Waals surface area (Å²) in [5.41, 5.74) is 3.04. The lowest BCUT2D eigenvalue weighted by Gasteiger charge is -2.12. The molecular formula is C9H12N2. The molecule has 2 nitrogen and oxygen atoms in total. The lowest BCUT2D eigenvalue weighted by molar-refractivity contribution is 0.937. The number of rotatable bonds is 2. The van der Waals surface area contributed by atoms with Crippen LogP contribution in [0.15, 0.2) is 33.9 Å². The summed E-state index contributed by atoms with van der Waals surface area (Å²) in [5.74, 6) is 0. The molecule has 0 radical (unpaired) electrons. The van der Waals surface area contributed by atoms with E-state index in [2.05, 4.69) is 23.3 Å². The quantitative estimate of drug-likeness (QED) is 0.535. The molecule has 1 rings (SSSR count). The summed E-state index contributed by atoms with van der Waals surface area (Å²) >= 11 is 0. The predicted molar refractivity (Wildman–Crippen MR) is 49.4 cm³/mol. The van der Waals surface area contributed by atoms with E-state index in [-0.39, 0.29) is 0 Å². The third kappa shape index (κ3) is 1.45. The van der Waals surface area contributed by atoms with Crippen LogP contribution < -0.4 is 0 Å². The number of dihydropyridines is 1. The van der Waals surface area contributed by atoms with Crippen molar-refractivity contribution in [3.05, 3.63) is 23.9 Å². The average molecular weight is 148 g/mol. The highest BCUT2D eigenvalue weighted by Gasteiger charge is 2.09. The van der Waals surface area contributed by atoms with Crippen molar-refractivity contribution in [2.45, 2.75) is 13.3 Å². The van der Waals surface area contributed by atoms with E-state index in [4.69, 9.17) is 0 Å². The molecule has 0 atom stereocenters. The molecule has 0 aromatic carbocycles. The number of hydrogen-bond donors (Lipinski definition) is 0. The number of hydrogen-bond acceptors (Lipinski definition) is 2. The Bertz CT molecular complexity index is 246. The van der Waals surface area contributed by atoms with E-state index in [1.54, 1.807) is 0 Å². The second-order valence-corrected chi connectivity index (χ2v) is 2.45. The van der Waals surface area contributed by atoms with Crippen molar-refractivity contribution < 1.29 is 0 Å². The Labute approximate surface area is 67.1 Å². The van der Waals surface area contributed by atoms with Gasteiger partial charge in [-0.2, -0.15) is 0 Å². The minimum Gasteiger partial charge on any atom is -0.287 e. The lowest BCUT2D eigenvalue weighted by atomic mass is 10.1. The van der Waals surface area contributed by atoms with E-state index in [1.807, 2.05) is 13.0 Å². The molecule has 1 aliphatic heterocycles. The second kappa shape index (κ2) is 3.28. The molecule has 1 heterocycles. The molecule has 58 valence electrons. The first kappa shape index (κ1) is 7.92. The molecule has 1 aliphatic rings. The van der Waals surface area contributed by atoms with E-state index in [0.29, 0.717) is 0 Å². The minimum atomic E-state index is 0.853. The number of allylic oxidation sites excluding steroid dienone is 2. The topological polar surface area (TPSA) is 24.7 Å². The van der Waals surface area contributed by atoms with Gasteiger partial charge in [0.2, 0.25) is 0 Å². The summed E-state index contributed by atoms with van der Waals surface area (Å²) in [4.78, 5) is 8.17. The van der Waals surface area contributed by atoms with Crippen molar-refractivity contribution in [1.82, 2.24) is 0 Å². The Morgan fingerprint density at radius 1 is 1.64 bits per heavy atom. The molecule has 0 amide bonds. The summed E-state index contributed by atoms with van der Waals surface area (Å²) in [6.07, 6.45) is 2.78. The molecule has 0 unspecified atom stereocenters. The van der Waals surface area contributed by atoms with Crippen LogP contribution in [0.5, 0.6) is 0 Å². The van der Waals surface area contributed by atoms with Gasteiger partial charge in [-0.05, 0) is 25.6 Å². The molecule has 0 spiro atoms. The van der Waals surface area contributed by atoms with Gasteiger partial charge in [0.25, 0.3) is 0 Å². The predicted octanol–water partition coefficient (Wildman–Crippen LogP) is 1.99. The van der Waals surface area contributed by atoms with Gasteiger partial charge in [0.1, 0.15) is 0 Å². The molecule has 0 bridgehead atoms. The molecule has 11 heavy (non-hydrogen) atoms. The normalized spacial score (nSPS) is 17.7. The van der Waals surface area contributed by atoms with Gasteiger partial charge < -0.3 is 0 Å². The maximum Gasteiger partial charge on any atom is 0.0862 e. The lowest BCUT2D eigenvalue weighted by Crippen LogP contribution is -2.06. The fourth-order valence-electron chi connectivity index (χ4n) is 1.18. The van der Waals surface area contributed by atoms with Gasteiger partial charge in [-0.1, -0.05) is 12.7 Å². The second-order valence-electron chi connectivity index (χ2n) is 2.45. The molecule has 0 fully saturated rings. The van der Waals surface area contributed by atoms with Crippen molar-refractivity contribution in [3.63, 3.8) is 0 Å². The molecule has 0 N–H and O–H groups in total.